The molecule has 1 heterocycles. The van der Waals surface area contributed by atoms with Gasteiger partial charge in [-0.2, -0.15) is 0 Å². The molecule has 0 atom stereocenters. The van der Waals surface area contributed by atoms with E-state index in [-0.39, 0.29) is 0 Å². The zero-order valence-electron chi connectivity index (χ0n) is 4.91. The first kappa shape index (κ1) is 7.82. The van der Waals surface area contributed by atoms with Crippen molar-refractivity contribution in [3.05, 3.63) is 24.3 Å². The van der Waals surface area contributed by atoms with Gasteiger partial charge in [-0.1, -0.05) is 0 Å². The van der Waals surface area contributed by atoms with Crippen molar-refractivity contribution < 1.29 is 0 Å². The first-order chi connectivity index (χ1) is 4.93. The number of halogens is 1. The Bertz CT molecular complexity index is 251. The summed E-state index contributed by atoms with van der Waals surface area (Å²) in [5, 5.41) is 2.79. The van der Waals surface area contributed by atoms with Crippen LogP contribution in [0.4, 0.5) is 0 Å². The molecule has 1 aromatic rings. The van der Waals surface area contributed by atoms with Gasteiger partial charge < -0.3 is 0 Å². The van der Waals surface area contributed by atoms with E-state index in [1.165, 1.54) is 8.93 Å². The van der Waals surface area contributed by atoms with Gasteiger partial charge in [0.25, 0.3) is 0 Å². The lowest BCUT2D eigenvalue weighted by Crippen LogP contribution is -1.83. The van der Waals surface area contributed by atoms with Gasteiger partial charge in [-0.05, 0) is 26.2 Å². The average molecular weight is 262 g/mol. The number of nitrogens with zero attached hydrogens (tertiary/aromatic N) is 2. The Morgan fingerprint density at radius 3 is 2.70 bits per heavy atom. The molecule has 10 heavy (non-hydrogen) atoms. The second kappa shape index (κ2) is 4.52. The van der Waals surface area contributed by atoms with E-state index < -0.39 is 0 Å². The lowest BCUT2D eigenvalue weighted by atomic mass is 10.6. The van der Waals surface area contributed by atoms with Crippen LogP contribution < -0.4 is 0 Å². The summed E-state index contributed by atoms with van der Waals surface area (Å²) in [4.78, 5) is 7.83. The highest BCUT2D eigenvalue weighted by atomic mass is 127. The van der Waals surface area contributed by atoms with E-state index in [2.05, 4.69) is 42.3 Å². The van der Waals surface area contributed by atoms with E-state index in [1.807, 2.05) is 0 Å². The predicted octanol–water partition coefficient (Wildman–Crippen LogP) is 1.87. The van der Waals surface area contributed by atoms with E-state index >= 15 is 0 Å². The van der Waals surface area contributed by atoms with Crippen LogP contribution in [0.5, 0.6) is 0 Å². The fourth-order valence-electron chi connectivity index (χ4n) is 0.429. The minimum absolute atomic E-state index is 0.576. The summed E-state index contributed by atoms with van der Waals surface area (Å²) in [6, 6.07) is 1.77. The monoisotopic (exact) mass is 262 g/mol. The Hall–Kier alpha value is -0.280. The Kier molecular flexibility index (Phi) is 3.54. The summed E-state index contributed by atoms with van der Waals surface area (Å²) in [5.74, 6) is 3.35. The minimum Gasteiger partial charge on any atom is -0.229 e. The standard InChI is InChI=1S/C6H3IN2S/c7-10-5-2-6-8-3-1-4-9-6/h1,3-4H. The Morgan fingerprint density at radius 1 is 1.40 bits per heavy atom. The molecule has 0 radical (unpaired) electrons. The Balaban J connectivity index is 2.76. The van der Waals surface area contributed by atoms with Crippen molar-refractivity contribution >= 4 is 30.1 Å². The van der Waals surface area contributed by atoms with Crippen LogP contribution in [0.25, 0.3) is 0 Å². The third kappa shape index (κ3) is 2.54. The SMILES string of the molecule is ISC#Cc1ncccn1. The van der Waals surface area contributed by atoms with E-state index in [0.717, 1.165) is 0 Å². The lowest BCUT2D eigenvalue weighted by molar-refractivity contribution is 1.13. The molecular formula is C6H3IN2S. The van der Waals surface area contributed by atoms with Crippen molar-refractivity contribution in [3.63, 3.8) is 0 Å². The van der Waals surface area contributed by atoms with Crippen LogP contribution in [0.3, 0.4) is 0 Å². The molecule has 0 amide bonds. The predicted molar refractivity (Wildman–Crippen MR) is 50.5 cm³/mol. The summed E-state index contributed by atoms with van der Waals surface area (Å²) >= 11 is 2.10. The molecule has 0 N–H and O–H groups in total. The zero-order valence-corrected chi connectivity index (χ0v) is 7.89. The molecule has 1 rings (SSSR count). The van der Waals surface area contributed by atoms with E-state index in [0.29, 0.717) is 5.82 Å². The maximum atomic E-state index is 3.91. The van der Waals surface area contributed by atoms with Crippen molar-refractivity contribution in [2.45, 2.75) is 0 Å². The molecule has 0 saturated carbocycles. The minimum atomic E-state index is 0.576. The van der Waals surface area contributed by atoms with Crippen LogP contribution >= 0.6 is 30.1 Å². The molecule has 50 valence electrons. The van der Waals surface area contributed by atoms with Gasteiger partial charge in [0.2, 0.25) is 5.82 Å². The van der Waals surface area contributed by atoms with Crippen LogP contribution in [-0.4, -0.2) is 9.97 Å². The Labute approximate surface area is 75.4 Å². The van der Waals surface area contributed by atoms with Gasteiger partial charge in [-0.25, -0.2) is 9.97 Å². The summed E-state index contributed by atoms with van der Waals surface area (Å²) in [6.07, 6.45) is 3.35. The highest BCUT2D eigenvalue weighted by Crippen LogP contribution is 2.06. The van der Waals surface area contributed by atoms with Crippen LogP contribution in [0.1, 0.15) is 5.82 Å². The number of rotatable bonds is 0. The van der Waals surface area contributed by atoms with Crippen LogP contribution in [0, 0.1) is 11.2 Å². The first-order valence-corrected chi connectivity index (χ1v) is 5.85. The maximum Gasteiger partial charge on any atom is 0.205 e. The van der Waals surface area contributed by atoms with Gasteiger partial charge in [0, 0.05) is 33.6 Å². The Morgan fingerprint density at radius 2 is 2.10 bits per heavy atom. The highest BCUT2D eigenvalue weighted by Gasteiger charge is 1.82. The van der Waals surface area contributed by atoms with Gasteiger partial charge in [-0.15, -0.1) is 0 Å². The number of aromatic nitrogens is 2. The van der Waals surface area contributed by atoms with Gasteiger partial charge >= 0.3 is 0 Å². The van der Waals surface area contributed by atoms with Crippen molar-refractivity contribution in [3.8, 4) is 11.2 Å². The quantitative estimate of drug-likeness (QED) is 0.527. The largest absolute Gasteiger partial charge is 0.229 e. The van der Waals surface area contributed by atoms with Crippen LogP contribution in [-0.2, 0) is 0 Å². The normalized spacial score (nSPS) is 8.10. The fraction of sp³-hybridized carbons (Fsp3) is 0. The summed E-state index contributed by atoms with van der Waals surface area (Å²) in [6.45, 7) is 0. The van der Waals surface area contributed by atoms with Gasteiger partial charge in [0.15, 0.2) is 0 Å². The zero-order chi connectivity index (χ0) is 7.23. The molecule has 2 nitrogen and oxygen atoms in total. The third-order valence-corrected chi connectivity index (χ3v) is 1.61. The third-order valence-electron chi connectivity index (χ3n) is 0.767. The van der Waals surface area contributed by atoms with Crippen LogP contribution in [0.15, 0.2) is 18.5 Å². The molecule has 0 aliphatic carbocycles. The molecule has 0 aromatic carbocycles. The molecular weight excluding hydrogens is 259 g/mol. The summed E-state index contributed by atoms with van der Waals surface area (Å²) in [7, 11) is 1.43. The number of hydrogen-bond acceptors (Lipinski definition) is 3. The van der Waals surface area contributed by atoms with Gasteiger partial charge in [-0.3, -0.25) is 0 Å². The lowest BCUT2D eigenvalue weighted by Gasteiger charge is -1.82. The van der Waals surface area contributed by atoms with Crippen molar-refractivity contribution in [2.24, 2.45) is 0 Å². The topological polar surface area (TPSA) is 25.8 Å². The molecule has 0 unspecified atom stereocenters. The maximum absolute atomic E-state index is 3.91. The van der Waals surface area contributed by atoms with Crippen molar-refractivity contribution in [1.82, 2.24) is 9.97 Å². The number of hydrogen-bond donors (Lipinski definition) is 0. The van der Waals surface area contributed by atoms with E-state index in [9.17, 15) is 0 Å². The van der Waals surface area contributed by atoms with Crippen LogP contribution in [0.2, 0.25) is 0 Å². The molecule has 0 bridgehead atoms. The average Bonchev–Trinajstić information content (AvgIpc) is 2.03. The molecule has 0 spiro atoms. The molecule has 0 aliphatic heterocycles. The van der Waals surface area contributed by atoms with Gasteiger partial charge in [0.05, 0.1) is 0 Å². The molecule has 4 heteroatoms. The molecule has 0 fully saturated rings. The summed E-state index contributed by atoms with van der Waals surface area (Å²) < 4.78 is 0. The van der Waals surface area contributed by atoms with Crippen molar-refractivity contribution in [1.29, 1.82) is 0 Å². The highest BCUT2D eigenvalue weighted by molar-refractivity contribution is 14.2. The molecule has 0 saturated heterocycles. The molecule has 0 aliphatic rings. The smallest absolute Gasteiger partial charge is 0.205 e. The summed E-state index contributed by atoms with van der Waals surface area (Å²) in [5.41, 5.74) is 0. The van der Waals surface area contributed by atoms with Crippen molar-refractivity contribution in [2.75, 3.05) is 0 Å². The second-order valence-corrected chi connectivity index (χ2v) is 3.06. The second-order valence-electron chi connectivity index (χ2n) is 1.38. The molecule has 1 aromatic heterocycles. The van der Waals surface area contributed by atoms with E-state index in [1.54, 1.807) is 18.5 Å². The van der Waals surface area contributed by atoms with Gasteiger partial charge in [0.1, 0.15) is 0 Å². The fourth-order valence-corrected chi connectivity index (χ4v) is 0.889. The van der Waals surface area contributed by atoms with E-state index in [4.69, 9.17) is 0 Å². The first-order valence-electron chi connectivity index (χ1n) is 2.49.